The van der Waals surface area contributed by atoms with Crippen molar-refractivity contribution in [3.05, 3.63) is 35.4 Å². The number of hydrogen-bond acceptors (Lipinski definition) is 4. The van der Waals surface area contributed by atoms with E-state index in [-0.39, 0.29) is 5.82 Å². The summed E-state index contributed by atoms with van der Waals surface area (Å²) in [5, 5.41) is 19.2. The molecule has 0 fully saturated rings. The molecule has 0 saturated carbocycles. The van der Waals surface area contributed by atoms with Gasteiger partial charge in [-0.1, -0.05) is 6.42 Å². The highest BCUT2D eigenvalue weighted by molar-refractivity contribution is 7.99. The molecule has 0 radical (unpaired) electrons. The van der Waals surface area contributed by atoms with E-state index in [1.165, 1.54) is 30.3 Å². The number of halogens is 1. The van der Waals surface area contributed by atoms with Gasteiger partial charge in [0.05, 0.1) is 6.10 Å². The van der Waals surface area contributed by atoms with E-state index in [1.54, 1.807) is 13.0 Å². The zero-order valence-corrected chi connectivity index (χ0v) is 12.7. The van der Waals surface area contributed by atoms with Gasteiger partial charge in [-0.3, -0.25) is 0 Å². The molecule has 0 saturated heterocycles. The van der Waals surface area contributed by atoms with Crippen molar-refractivity contribution in [3.63, 3.8) is 0 Å². The Morgan fingerprint density at radius 2 is 2.14 bits per heavy atom. The van der Waals surface area contributed by atoms with E-state index < -0.39 is 6.10 Å². The molecule has 21 heavy (non-hydrogen) atoms. The van der Waals surface area contributed by atoms with Crippen LogP contribution in [0.2, 0.25) is 0 Å². The summed E-state index contributed by atoms with van der Waals surface area (Å²) in [5.74, 6) is 0.686. The van der Waals surface area contributed by atoms with Gasteiger partial charge in [-0.2, -0.15) is 0 Å². The molecule has 2 aromatic rings. The number of rotatable bonds is 3. The molecule has 1 aliphatic rings. The average molecular weight is 307 g/mol. The summed E-state index contributed by atoms with van der Waals surface area (Å²) in [5.41, 5.74) is 0.589. The van der Waals surface area contributed by atoms with Crippen LogP contribution in [0.4, 0.5) is 4.39 Å². The quantitative estimate of drug-likeness (QED) is 0.945. The van der Waals surface area contributed by atoms with Crippen LogP contribution < -0.4 is 0 Å². The number of benzene rings is 1. The number of aliphatic hydroxyl groups is 1. The van der Waals surface area contributed by atoms with E-state index in [9.17, 15) is 9.50 Å². The molecule has 1 aromatic carbocycles. The predicted molar refractivity (Wildman–Crippen MR) is 78.7 cm³/mol. The van der Waals surface area contributed by atoms with Crippen LogP contribution in [0.3, 0.4) is 0 Å². The zero-order chi connectivity index (χ0) is 14.8. The normalized spacial score (nSPS) is 16.3. The Balaban J connectivity index is 1.92. The van der Waals surface area contributed by atoms with Crippen molar-refractivity contribution in [2.24, 2.45) is 0 Å². The Labute approximate surface area is 127 Å². The van der Waals surface area contributed by atoms with Crippen LogP contribution >= 0.6 is 11.8 Å². The highest BCUT2D eigenvalue weighted by atomic mass is 32.2. The lowest BCUT2D eigenvalue weighted by molar-refractivity contribution is 0.196. The molecule has 1 atom stereocenters. The number of nitrogens with zero attached hydrogens (tertiary/aromatic N) is 3. The fraction of sp³-hybridized carbons (Fsp3) is 0.467. The molecule has 3 rings (SSSR count). The van der Waals surface area contributed by atoms with Crippen molar-refractivity contribution in [1.82, 2.24) is 14.8 Å². The minimum Gasteiger partial charge on any atom is -0.389 e. The second kappa shape index (κ2) is 6.15. The maximum absolute atomic E-state index is 13.4. The van der Waals surface area contributed by atoms with E-state index in [0.717, 1.165) is 41.7 Å². The van der Waals surface area contributed by atoms with Gasteiger partial charge in [-0.25, -0.2) is 4.39 Å². The highest BCUT2D eigenvalue weighted by Gasteiger charge is 2.18. The highest BCUT2D eigenvalue weighted by Crippen LogP contribution is 2.34. The summed E-state index contributed by atoms with van der Waals surface area (Å²) in [6.07, 6.45) is 3.74. The summed E-state index contributed by atoms with van der Waals surface area (Å²) in [7, 11) is 0. The van der Waals surface area contributed by atoms with Crippen LogP contribution in [0.25, 0.3) is 0 Å². The van der Waals surface area contributed by atoms with Gasteiger partial charge in [0.15, 0.2) is 5.16 Å². The summed E-state index contributed by atoms with van der Waals surface area (Å²) >= 11 is 1.44. The molecule has 1 N–H and O–H groups in total. The Bertz CT molecular complexity index is 642. The maximum atomic E-state index is 13.4. The topological polar surface area (TPSA) is 50.9 Å². The molecule has 1 unspecified atom stereocenters. The minimum absolute atomic E-state index is 0.338. The summed E-state index contributed by atoms with van der Waals surface area (Å²) in [6, 6.07) is 4.49. The van der Waals surface area contributed by atoms with Gasteiger partial charge in [0.25, 0.3) is 0 Å². The molecule has 0 amide bonds. The summed E-state index contributed by atoms with van der Waals surface area (Å²) in [6.45, 7) is 2.57. The van der Waals surface area contributed by atoms with Crippen molar-refractivity contribution in [3.8, 4) is 0 Å². The number of aryl methyl sites for hydroxylation is 1. The molecular formula is C15H18FN3OS. The molecule has 0 aliphatic carbocycles. The molecule has 2 heterocycles. The van der Waals surface area contributed by atoms with Gasteiger partial charge in [-0.05, 0) is 55.3 Å². The number of hydrogen-bond donors (Lipinski definition) is 1. The van der Waals surface area contributed by atoms with Gasteiger partial charge in [0.1, 0.15) is 11.6 Å². The largest absolute Gasteiger partial charge is 0.389 e. The van der Waals surface area contributed by atoms with Crippen LogP contribution in [0.15, 0.2) is 28.3 Å². The van der Waals surface area contributed by atoms with Gasteiger partial charge in [0, 0.05) is 17.9 Å². The molecule has 6 heteroatoms. The smallest absolute Gasteiger partial charge is 0.196 e. The third-order valence-electron chi connectivity index (χ3n) is 3.70. The standard InChI is InChI=1S/C15H18FN3OS/c1-10(20)12-9-11(16)6-7-13(12)21-15-18-17-14-5-3-2-4-8-19(14)15/h6-7,9-10,20H,2-5,8H2,1H3. The van der Waals surface area contributed by atoms with Crippen molar-refractivity contribution < 1.29 is 9.50 Å². The minimum atomic E-state index is -0.713. The van der Waals surface area contributed by atoms with Gasteiger partial charge in [0.2, 0.25) is 0 Å². The summed E-state index contributed by atoms with van der Waals surface area (Å²) < 4.78 is 15.5. The van der Waals surface area contributed by atoms with Crippen molar-refractivity contribution in [2.75, 3.05) is 0 Å². The molecule has 0 bridgehead atoms. The Morgan fingerprint density at radius 1 is 1.29 bits per heavy atom. The molecule has 4 nitrogen and oxygen atoms in total. The first kappa shape index (κ1) is 14.5. The third kappa shape index (κ3) is 3.11. The van der Waals surface area contributed by atoms with Crippen LogP contribution in [-0.4, -0.2) is 19.9 Å². The van der Waals surface area contributed by atoms with Crippen LogP contribution in [0.1, 0.15) is 43.7 Å². The van der Waals surface area contributed by atoms with E-state index in [1.807, 2.05) is 0 Å². The molecule has 1 aromatic heterocycles. The monoisotopic (exact) mass is 307 g/mol. The van der Waals surface area contributed by atoms with Gasteiger partial charge >= 0.3 is 0 Å². The Hall–Kier alpha value is -1.40. The third-order valence-corrected chi connectivity index (χ3v) is 4.78. The molecule has 112 valence electrons. The van der Waals surface area contributed by atoms with Crippen LogP contribution in [0.5, 0.6) is 0 Å². The van der Waals surface area contributed by atoms with Crippen molar-refractivity contribution in [1.29, 1.82) is 0 Å². The fourth-order valence-corrected chi connectivity index (χ4v) is 3.64. The van der Waals surface area contributed by atoms with E-state index in [4.69, 9.17) is 0 Å². The molecular weight excluding hydrogens is 289 g/mol. The van der Waals surface area contributed by atoms with Crippen LogP contribution in [0, 0.1) is 5.82 Å². The molecule has 1 aliphatic heterocycles. The lowest BCUT2D eigenvalue weighted by Crippen LogP contribution is -2.03. The number of fused-ring (bicyclic) bond motifs is 1. The van der Waals surface area contributed by atoms with Crippen molar-refractivity contribution in [2.45, 2.75) is 55.3 Å². The second-order valence-electron chi connectivity index (χ2n) is 5.32. The SMILES string of the molecule is CC(O)c1cc(F)ccc1Sc1nnc2n1CCCCC2. The lowest BCUT2D eigenvalue weighted by atomic mass is 10.1. The lowest BCUT2D eigenvalue weighted by Gasteiger charge is -2.12. The van der Waals surface area contributed by atoms with Gasteiger partial charge < -0.3 is 9.67 Å². The predicted octanol–water partition coefficient (Wildman–Crippen LogP) is 3.35. The maximum Gasteiger partial charge on any atom is 0.196 e. The van der Waals surface area contributed by atoms with E-state index in [0.29, 0.717) is 5.56 Å². The average Bonchev–Trinajstić information content (AvgIpc) is 2.69. The molecule has 0 spiro atoms. The summed E-state index contributed by atoms with van der Waals surface area (Å²) in [4.78, 5) is 0.825. The van der Waals surface area contributed by atoms with Crippen molar-refractivity contribution >= 4 is 11.8 Å². The van der Waals surface area contributed by atoms with Crippen LogP contribution in [-0.2, 0) is 13.0 Å². The first-order valence-electron chi connectivity index (χ1n) is 7.22. The first-order valence-corrected chi connectivity index (χ1v) is 8.04. The second-order valence-corrected chi connectivity index (χ2v) is 6.33. The fourth-order valence-electron chi connectivity index (χ4n) is 2.57. The Morgan fingerprint density at radius 3 is 2.95 bits per heavy atom. The Kier molecular flexibility index (Phi) is 4.26. The number of aromatic nitrogens is 3. The first-order chi connectivity index (χ1) is 10.1. The zero-order valence-electron chi connectivity index (χ0n) is 11.9. The van der Waals surface area contributed by atoms with E-state index in [2.05, 4.69) is 14.8 Å². The van der Waals surface area contributed by atoms with Gasteiger partial charge in [-0.15, -0.1) is 10.2 Å². The van der Waals surface area contributed by atoms with E-state index >= 15 is 0 Å². The number of aliphatic hydroxyl groups excluding tert-OH is 1.